The molecule has 2 rings (SSSR count). The third kappa shape index (κ3) is 5.10. The van der Waals surface area contributed by atoms with E-state index in [0.29, 0.717) is 38.5 Å². The van der Waals surface area contributed by atoms with E-state index in [-0.39, 0.29) is 18.1 Å². The number of nitriles is 1. The third-order valence-electron chi connectivity index (χ3n) is 4.04. The Labute approximate surface area is 144 Å². The van der Waals surface area contributed by atoms with Gasteiger partial charge in [-0.1, -0.05) is 0 Å². The molecule has 25 heavy (non-hydrogen) atoms. The van der Waals surface area contributed by atoms with Gasteiger partial charge >= 0.3 is 12.1 Å². The Morgan fingerprint density at radius 1 is 1.28 bits per heavy atom. The number of alkyl halides is 3. The van der Waals surface area contributed by atoms with Gasteiger partial charge in [0, 0.05) is 31.9 Å². The quantitative estimate of drug-likeness (QED) is 0.777. The van der Waals surface area contributed by atoms with E-state index in [9.17, 15) is 18.0 Å². The number of carbonyl (C=O) groups excluding carboxylic acids is 1. The van der Waals surface area contributed by atoms with E-state index in [4.69, 9.17) is 10.00 Å². The molecule has 1 aromatic carbocycles. The van der Waals surface area contributed by atoms with Crippen LogP contribution in [0, 0.1) is 11.3 Å². The Morgan fingerprint density at radius 3 is 2.68 bits per heavy atom. The summed E-state index contributed by atoms with van der Waals surface area (Å²) in [6, 6.07) is 5.36. The largest absolute Gasteiger partial charge is 0.465 e. The number of carbonyl (C=O) groups is 1. The maximum atomic E-state index is 13.1. The summed E-state index contributed by atoms with van der Waals surface area (Å²) < 4.78 is 44.3. The Bertz CT molecular complexity index is 656. The highest BCUT2D eigenvalue weighted by Gasteiger charge is 2.34. The maximum Gasteiger partial charge on any atom is 0.417 e. The van der Waals surface area contributed by atoms with Crippen molar-refractivity contribution in [3.05, 3.63) is 29.3 Å². The second-order valence-electron chi connectivity index (χ2n) is 5.76. The number of halogens is 3. The fraction of sp³-hybridized carbons (Fsp3) is 0.529. The van der Waals surface area contributed by atoms with Crippen LogP contribution in [0.3, 0.4) is 0 Å². The summed E-state index contributed by atoms with van der Waals surface area (Å²) in [6.07, 6.45) is -3.84. The predicted octanol–water partition coefficient (Wildman–Crippen LogP) is 2.65. The van der Waals surface area contributed by atoms with Crippen molar-refractivity contribution in [2.24, 2.45) is 0 Å². The summed E-state index contributed by atoms with van der Waals surface area (Å²) in [5.74, 6) is -0.298. The number of hydrogen-bond donors (Lipinski definition) is 0. The first-order chi connectivity index (χ1) is 11.8. The van der Waals surface area contributed by atoms with Gasteiger partial charge in [0.2, 0.25) is 0 Å². The zero-order chi connectivity index (χ0) is 18.4. The summed E-state index contributed by atoms with van der Waals surface area (Å²) in [4.78, 5) is 15.4. The number of nitrogens with zero attached hydrogens (tertiary/aromatic N) is 3. The van der Waals surface area contributed by atoms with Crippen molar-refractivity contribution in [2.45, 2.75) is 19.5 Å². The number of esters is 1. The lowest BCUT2D eigenvalue weighted by atomic mass is 10.1. The van der Waals surface area contributed by atoms with E-state index in [1.165, 1.54) is 12.1 Å². The van der Waals surface area contributed by atoms with Gasteiger partial charge in [-0.25, -0.2) is 0 Å². The van der Waals surface area contributed by atoms with Crippen LogP contribution in [-0.4, -0.2) is 50.2 Å². The van der Waals surface area contributed by atoms with Gasteiger partial charge in [0.05, 0.1) is 30.3 Å². The minimum Gasteiger partial charge on any atom is -0.465 e. The molecule has 0 N–H and O–H groups in total. The summed E-state index contributed by atoms with van der Waals surface area (Å²) in [7, 11) is 0. The number of anilines is 1. The predicted molar refractivity (Wildman–Crippen MR) is 86.1 cm³/mol. The average molecular weight is 355 g/mol. The minimum absolute atomic E-state index is 0.183. The first kappa shape index (κ1) is 19.1. The molecule has 1 aromatic rings. The molecule has 0 aromatic heterocycles. The highest BCUT2D eigenvalue weighted by Crippen LogP contribution is 2.34. The monoisotopic (exact) mass is 355 g/mol. The normalized spacial score (nSPS) is 16.2. The number of ether oxygens (including phenoxy) is 1. The molecule has 1 aliphatic heterocycles. The molecular formula is C17H20F3N3O2. The van der Waals surface area contributed by atoms with Gasteiger partial charge in [0.15, 0.2) is 0 Å². The molecule has 0 bridgehead atoms. The van der Waals surface area contributed by atoms with Crippen LogP contribution in [0.1, 0.15) is 24.5 Å². The lowest BCUT2D eigenvalue weighted by Gasteiger charge is -2.24. The standard InChI is InChI=1S/C17H20F3N3O2/c1-2-25-16(24)12-22-6-3-7-23(9-8-22)14-5-4-13(11-21)15(10-14)17(18,19)20/h4-5,10H,2-3,6-9,12H2,1H3. The van der Waals surface area contributed by atoms with Gasteiger partial charge in [-0.2, -0.15) is 18.4 Å². The van der Waals surface area contributed by atoms with E-state index < -0.39 is 11.7 Å². The highest BCUT2D eigenvalue weighted by atomic mass is 19.4. The topological polar surface area (TPSA) is 56.6 Å². The fourth-order valence-electron chi connectivity index (χ4n) is 2.84. The van der Waals surface area contributed by atoms with Gasteiger partial charge in [-0.3, -0.25) is 9.69 Å². The first-order valence-corrected chi connectivity index (χ1v) is 8.09. The smallest absolute Gasteiger partial charge is 0.417 e. The number of hydrogen-bond acceptors (Lipinski definition) is 5. The van der Waals surface area contributed by atoms with Crippen molar-refractivity contribution in [3.63, 3.8) is 0 Å². The van der Waals surface area contributed by atoms with Gasteiger partial charge < -0.3 is 9.64 Å². The lowest BCUT2D eigenvalue weighted by Crippen LogP contribution is -2.35. The molecule has 0 saturated carbocycles. The van der Waals surface area contributed by atoms with E-state index in [2.05, 4.69) is 0 Å². The van der Waals surface area contributed by atoms with Crippen LogP contribution in [0.2, 0.25) is 0 Å². The van der Waals surface area contributed by atoms with E-state index in [1.54, 1.807) is 13.0 Å². The van der Waals surface area contributed by atoms with Crippen LogP contribution in [-0.2, 0) is 15.7 Å². The van der Waals surface area contributed by atoms with Crippen LogP contribution in [0.5, 0.6) is 0 Å². The minimum atomic E-state index is -4.57. The Kier molecular flexibility index (Phi) is 6.26. The van der Waals surface area contributed by atoms with Crippen LogP contribution >= 0.6 is 0 Å². The van der Waals surface area contributed by atoms with Crippen molar-refractivity contribution >= 4 is 11.7 Å². The van der Waals surface area contributed by atoms with E-state index in [0.717, 1.165) is 12.5 Å². The molecule has 0 amide bonds. The van der Waals surface area contributed by atoms with Gasteiger partial charge in [0.1, 0.15) is 0 Å². The lowest BCUT2D eigenvalue weighted by molar-refractivity contribution is -0.144. The van der Waals surface area contributed by atoms with Crippen molar-refractivity contribution < 1.29 is 22.7 Å². The van der Waals surface area contributed by atoms with Gasteiger partial charge in [-0.15, -0.1) is 0 Å². The summed E-state index contributed by atoms with van der Waals surface area (Å²) >= 11 is 0. The summed E-state index contributed by atoms with van der Waals surface area (Å²) in [6.45, 7) is 4.57. The van der Waals surface area contributed by atoms with Crippen molar-refractivity contribution in [2.75, 3.05) is 44.2 Å². The molecule has 5 nitrogen and oxygen atoms in total. The van der Waals surface area contributed by atoms with Crippen molar-refractivity contribution in [1.82, 2.24) is 4.90 Å². The molecule has 0 aliphatic carbocycles. The molecule has 1 heterocycles. The molecule has 1 aliphatic rings. The molecule has 0 atom stereocenters. The molecule has 0 unspecified atom stereocenters. The molecule has 8 heteroatoms. The molecule has 1 saturated heterocycles. The second-order valence-corrected chi connectivity index (χ2v) is 5.76. The molecule has 136 valence electrons. The van der Waals surface area contributed by atoms with Gasteiger partial charge in [0.25, 0.3) is 0 Å². The fourth-order valence-corrected chi connectivity index (χ4v) is 2.84. The summed E-state index contributed by atoms with van der Waals surface area (Å²) in [5.41, 5.74) is -0.862. The van der Waals surface area contributed by atoms with E-state index in [1.807, 2.05) is 9.80 Å². The molecule has 1 fully saturated rings. The highest BCUT2D eigenvalue weighted by molar-refractivity contribution is 5.71. The van der Waals surface area contributed by atoms with Crippen LogP contribution < -0.4 is 4.90 Å². The van der Waals surface area contributed by atoms with Crippen molar-refractivity contribution in [3.8, 4) is 6.07 Å². The number of benzene rings is 1. The van der Waals surface area contributed by atoms with Crippen molar-refractivity contribution in [1.29, 1.82) is 5.26 Å². The Hall–Kier alpha value is -2.27. The SMILES string of the molecule is CCOC(=O)CN1CCCN(c2ccc(C#N)c(C(F)(F)F)c2)CC1. The van der Waals surface area contributed by atoms with Crippen LogP contribution in [0.4, 0.5) is 18.9 Å². The molecular weight excluding hydrogens is 335 g/mol. The van der Waals surface area contributed by atoms with Gasteiger partial charge in [-0.05, 0) is 31.5 Å². The zero-order valence-electron chi connectivity index (χ0n) is 14.0. The zero-order valence-corrected chi connectivity index (χ0v) is 14.0. The van der Waals surface area contributed by atoms with Crippen LogP contribution in [0.25, 0.3) is 0 Å². The second kappa shape index (κ2) is 8.21. The van der Waals surface area contributed by atoms with Crippen LogP contribution in [0.15, 0.2) is 18.2 Å². The average Bonchev–Trinajstić information content (AvgIpc) is 2.79. The molecule has 0 radical (unpaired) electrons. The number of rotatable bonds is 4. The maximum absolute atomic E-state index is 13.1. The van der Waals surface area contributed by atoms with E-state index >= 15 is 0 Å². The Balaban J connectivity index is 2.10. The Morgan fingerprint density at radius 2 is 2.04 bits per heavy atom. The molecule has 0 spiro atoms. The third-order valence-corrected chi connectivity index (χ3v) is 4.04. The summed E-state index contributed by atoms with van der Waals surface area (Å²) in [5, 5.41) is 8.88. The first-order valence-electron chi connectivity index (χ1n) is 8.09.